The minimum atomic E-state index is -6.46. The maximum atomic E-state index is 13.2. The van der Waals surface area contributed by atoms with E-state index in [0.717, 1.165) is 114 Å². The zero-order chi connectivity index (χ0) is 34.5. The normalized spacial score (nSPS) is 12.2. The molecule has 0 unspecified atom stereocenters. The Kier molecular flexibility index (Phi) is 20.3. The third kappa shape index (κ3) is 15.1. The van der Waals surface area contributed by atoms with E-state index in [2.05, 4.69) is 20.8 Å². The summed E-state index contributed by atoms with van der Waals surface area (Å²) in [5.41, 5.74) is -5.98. The van der Waals surface area contributed by atoms with Gasteiger partial charge in [0.05, 0.1) is 19.8 Å². The van der Waals surface area contributed by atoms with Gasteiger partial charge >= 0.3 is 20.6 Å². The van der Waals surface area contributed by atoms with E-state index in [9.17, 15) is 34.8 Å². The summed E-state index contributed by atoms with van der Waals surface area (Å²) >= 11 is 0. The van der Waals surface area contributed by atoms with Gasteiger partial charge in [0.15, 0.2) is 11.5 Å². The Balaban J connectivity index is 3.36. The van der Waals surface area contributed by atoms with Crippen LogP contribution in [0.25, 0.3) is 0 Å². The van der Waals surface area contributed by atoms with Crippen LogP contribution in [0.1, 0.15) is 136 Å². The van der Waals surface area contributed by atoms with Crippen LogP contribution in [0.3, 0.4) is 0 Å². The number of ether oxygens (including phenoxy) is 3. The van der Waals surface area contributed by atoms with E-state index in [4.69, 9.17) is 14.2 Å². The number of nitrogens with one attached hydrogen (secondary N) is 1. The van der Waals surface area contributed by atoms with Gasteiger partial charge < -0.3 is 14.2 Å². The molecule has 0 radical (unpaired) electrons. The number of rotatable bonds is 26. The lowest BCUT2D eigenvalue weighted by Gasteiger charge is -2.20. The fraction of sp³-hybridized carbons (Fsp3) is 0.781. The molecular weight excluding hydrogens is 647 g/mol. The molecule has 1 aromatic rings. The molecule has 0 fully saturated rings. The highest BCUT2D eigenvalue weighted by Gasteiger charge is 2.52. The largest absolute Gasteiger partial charge is 0.506 e. The number of sulfone groups is 1. The first-order valence-corrected chi connectivity index (χ1v) is 19.7. The SMILES string of the molecule is CCCCCCCCOc1ccc(S(=O)(=O)NC(=O)S(=O)(=O)C(F)(F)F)c(OCCCCCCCC)c1OCCCCCCCC. The van der Waals surface area contributed by atoms with Crippen molar-refractivity contribution in [2.24, 2.45) is 0 Å². The molecule has 9 nitrogen and oxygen atoms in total. The third-order valence-electron chi connectivity index (χ3n) is 7.34. The maximum Gasteiger partial charge on any atom is 0.506 e. The van der Waals surface area contributed by atoms with E-state index in [1.807, 2.05) is 0 Å². The average Bonchev–Trinajstić information content (AvgIpc) is 2.99. The summed E-state index contributed by atoms with van der Waals surface area (Å²) in [6.07, 6.45) is 17.4. The Labute approximate surface area is 274 Å². The summed E-state index contributed by atoms with van der Waals surface area (Å²) in [5.74, 6) is -0.213. The third-order valence-corrected chi connectivity index (χ3v) is 10.0. The number of benzene rings is 1. The Morgan fingerprint density at radius 2 is 1.00 bits per heavy atom. The molecule has 1 amide bonds. The van der Waals surface area contributed by atoms with Gasteiger partial charge in [-0.05, 0) is 31.4 Å². The van der Waals surface area contributed by atoms with Gasteiger partial charge in [-0.3, -0.25) is 4.79 Å². The maximum absolute atomic E-state index is 13.2. The lowest BCUT2D eigenvalue weighted by atomic mass is 10.1. The molecule has 0 aromatic heterocycles. The summed E-state index contributed by atoms with van der Waals surface area (Å²) in [5, 5.41) is -2.71. The van der Waals surface area contributed by atoms with E-state index >= 15 is 0 Å². The first-order valence-electron chi connectivity index (χ1n) is 16.8. The van der Waals surface area contributed by atoms with Crippen molar-refractivity contribution in [1.29, 1.82) is 0 Å². The minimum Gasteiger partial charge on any atom is -0.490 e. The predicted octanol–water partition coefficient (Wildman–Crippen LogP) is 9.24. The Morgan fingerprint density at radius 1 is 0.609 bits per heavy atom. The first-order chi connectivity index (χ1) is 21.8. The smallest absolute Gasteiger partial charge is 0.490 e. The van der Waals surface area contributed by atoms with Crippen LogP contribution in [0.15, 0.2) is 17.0 Å². The number of alkyl halides is 3. The van der Waals surface area contributed by atoms with Crippen LogP contribution < -0.4 is 18.9 Å². The Bertz CT molecular complexity index is 1220. The quantitative estimate of drug-likeness (QED) is 0.0948. The molecule has 0 saturated heterocycles. The average molecular weight is 702 g/mol. The molecule has 0 aliphatic rings. The van der Waals surface area contributed by atoms with Crippen LogP contribution >= 0.6 is 0 Å². The zero-order valence-electron chi connectivity index (χ0n) is 27.7. The van der Waals surface area contributed by atoms with E-state index in [-0.39, 0.29) is 30.5 Å². The molecule has 1 aromatic carbocycles. The van der Waals surface area contributed by atoms with Crippen molar-refractivity contribution in [3.05, 3.63) is 12.1 Å². The lowest BCUT2D eigenvalue weighted by molar-refractivity contribution is -0.0422. The van der Waals surface area contributed by atoms with E-state index < -0.39 is 35.5 Å². The number of amides is 1. The van der Waals surface area contributed by atoms with E-state index in [1.54, 1.807) is 0 Å². The zero-order valence-corrected chi connectivity index (χ0v) is 29.4. The monoisotopic (exact) mass is 701 g/mol. The summed E-state index contributed by atoms with van der Waals surface area (Å²) in [6, 6.07) is 2.29. The van der Waals surface area contributed by atoms with E-state index in [0.29, 0.717) is 19.4 Å². The summed E-state index contributed by atoms with van der Waals surface area (Å²) in [6.45, 7) is 6.89. The van der Waals surface area contributed by atoms with Gasteiger partial charge in [-0.25, -0.2) is 21.6 Å². The van der Waals surface area contributed by atoms with Crippen LogP contribution in [0.2, 0.25) is 0 Å². The molecule has 0 aliphatic carbocycles. The number of unbranched alkanes of at least 4 members (excludes halogenated alkanes) is 15. The molecule has 0 spiro atoms. The number of hydrogen-bond donors (Lipinski definition) is 1. The van der Waals surface area contributed by atoms with Crippen molar-refractivity contribution < 1.29 is 49.0 Å². The van der Waals surface area contributed by atoms with Crippen LogP contribution in [0.4, 0.5) is 18.0 Å². The number of carbonyl (C=O) groups excluding carboxylic acids is 1. The summed E-state index contributed by atoms with van der Waals surface area (Å²) < 4.78 is 108. The van der Waals surface area contributed by atoms with Gasteiger partial charge in [-0.1, -0.05) is 117 Å². The number of halogens is 3. The molecule has 0 atom stereocenters. The van der Waals surface area contributed by atoms with Gasteiger partial charge in [0.1, 0.15) is 4.90 Å². The number of hydrogen-bond acceptors (Lipinski definition) is 8. The van der Waals surface area contributed by atoms with Crippen molar-refractivity contribution in [2.45, 2.75) is 147 Å². The molecule has 1 rings (SSSR count). The van der Waals surface area contributed by atoms with Crippen LogP contribution in [-0.2, 0) is 19.9 Å². The second kappa shape index (κ2) is 22.4. The topological polar surface area (TPSA) is 125 Å². The minimum absolute atomic E-state index is 0.0533. The standard InChI is InChI=1S/C32H54F3NO8S2/c1-4-7-10-13-16-19-24-42-27-22-23-28(46(40,41)36-31(37)45(38,39)32(33,34)35)30(44-26-21-18-15-12-9-6-3)29(27)43-25-20-17-14-11-8-5-2/h22-23H,4-21,24-26H2,1-3H3,(H,36,37). The predicted molar refractivity (Wildman–Crippen MR) is 174 cm³/mol. The van der Waals surface area contributed by atoms with Crippen molar-refractivity contribution in [3.8, 4) is 17.2 Å². The lowest BCUT2D eigenvalue weighted by Crippen LogP contribution is -2.41. The van der Waals surface area contributed by atoms with Gasteiger partial charge in [0, 0.05) is 0 Å². The first kappa shape index (κ1) is 41.8. The van der Waals surface area contributed by atoms with Gasteiger partial charge in [0.2, 0.25) is 5.75 Å². The summed E-state index contributed by atoms with van der Waals surface area (Å²) in [4.78, 5) is 11.3. The van der Waals surface area contributed by atoms with Crippen molar-refractivity contribution in [1.82, 2.24) is 4.72 Å². The highest BCUT2D eigenvalue weighted by atomic mass is 32.2. The molecule has 1 N–H and O–H groups in total. The fourth-order valence-corrected chi connectivity index (χ4v) is 6.58. The van der Waals surface area contributed by atoms with Gasteiger partial charge in [-0.15, -0.1) is 0 Å². The molecule has 0 saturated carbocycles. The fourth-order valence-electron chi connectivity index (χ4n) is 4.63. The highest BCUT2D eigenvalue weighted by Crippen LogP contribution is 2.43. The Hall–Kier alpha value is -2.22. The molecule has 0 bridgehead atoms. The molecule has 14 heteroatoms. The number of carbonyl (C=O) groups is 1. The van der Waals surface area contributed by atoms with Crippen molar-refractivity contribution >= 4 is 25.1 Å². The second-order valence-electron chi connectivity index (χ2n) is 11.4. The highest BCUT2D eigenvalue weighted by molar-refractivity contribution is 8.08. The summed E-state index contributed by atoms with van der Waals surface area (Å²) in [7, 11) is -11.6. The van der Waals surface area contributed by atoms with Crippen LogP contribution in [-0.4, -0.2) is 47.4 Å². The molecule has 46 heavy (non-hydrogen) atoms. The van der Waals surface area contributed by atoms with Crippen LogP contribution in [0, 0.1) is 0 Å². The van der Waals surface area contributed by atoms with Crippen molar-refractivity contribution in [2.75, 3.05) is 19.8 Å². The molecular formula is C32H54F3NO8S2. The van der Waals surface area contributed by atoms with Crippen molar-refractivity contribution in [3.63, 3.8) is 0 Å². The van der Waals surface area contributed by atoms with Gasteiger partial charge in [-0.2, -0.15) is 13.2 Å². The molecule has 0 aliphatic heterocycles. The second-order valence-corrected chi connectivity index (χ2v) is 14.9. The van der Waals surface area contributed by atoms with E-state index in [1.165, 1.54) is 6.07 Å². The van der Waals surface area contributed by atoms with Crippen LogP contribution in [0.5, 0.6) is 17.2 Å². The number of sulfonamides is 1. The molecule has 268 valence electrons. The van der Waals surface area contributed by atoms with Gasteiger partial charge in [0.25, 0.3) is 10.0 Å². The molecule has 0 heterocycles. The Morgan fingerprint density at radius 3 is 1.43 bits per heavy atom.